The van der Waals surface area contributed by atoms with Crippen molar-refractivity contribution >= 4 is 45.3 Å². The highest BCUT2D eigenvalue weighted by Crippen LogP contribution is 2.36. The molecule has 1 aromatic carbocycles. The van der Waals surface area contributed by atoms with Crippen LogP contribution in [0.1, 0.15) is 33.7 Å². The molecule has 3 aromatic rings. The minimum Gasteiger partial charge on any atom is -0.336 e. The molecule has 0 unspecified atom stereocenters. The van der Waals surface area contributed by atoms with Gasteiger partial charge in [0.15, 0.2) is 5.82 Å². The lowest BCUT2D eigenvalue weighted by Gasteiger charge is -2.17. The van der Waals surface area contributed by atoms with E-state index in [0.717, 1.165) is 0 Å². The molecule has 0 saturated heterocycles. The summed E-state index contributed by atoms with van der Waals surface area (Å²) < 4.78 is 1.70. The first-order chi connectivity index (χ1) is 14.4. The maximum Gasteiger partial charge on any atom is 0.270 e. The lowest BCUT2D eigenvalue weighted by molar-refractivity contribution is -0.123. The zero-order valence-corrected chi connectivity index (χ0v) is 17.8. The summed E-state index contributed by atoms with van der Waals surface area (Å²) in [6, 6.07) is 13.2. The van der Waals surface area contributed by atoms with E-state index in [-0.39, 0.29) is 11.5 Å². The van der Waals surface area contributed by atoms with Gasteiger partial charge in [0, 0.05) is 17.8 Å². The van der Waals surface area contributed by atoms with Gasteiger partial charge in [0.2, 0.25) is 0 Å². The molecule has 0 spiro atoms. The van der Waals surface area contributed by atoms with E-state index < -0.39 is 23.3 Å². The summed E-state index contributed by atoms with van der Waals surface area (Å²) in [5.74, 6) is -1.32. The van der Waals surface area contributed by atoms with Crippen LogP contribution in [0.2, 0.25) is 5.02 Å². The number of pyridine rings is 1. The molecule has 0 atom stereocenters. The van der Waals surface area contributed by atoms with Crippen molar-refractivity contribution in [2.24, 2.45) is 0 Å². The minimum absolute atomic E-state index is 0.149. The molecule has 0 radical (unpaired) electrons. The van der Waals surface area contributed by atoms with Gasteiger partial charge < -0.3 is 5.32 Å². The van der Waals surface area contributed by atoms with Crippen molar-refractivity contribution in [3.63, 3.8) is 0 Å². The molecule has 1 aliphatic carbocycles. The van der Waals surface area contributed by atoms with E-state index in [0.29, 0.717) is 28.0 Å². The monoisotopic (exact) mass is 487 g/mol. The van der Waals surface area contributed by atoms with Gasteiger partial charge >= 0.3 is 0 Å². The van der Waals surface area contributed by atoms with Crippen LogP contribution in [0.15, 0.2) is 59.3 Å². The summed E-state index contributed by atoms with van der Waals surface area (Å²) in [6.07, 6.45) is 2.38. The fourth-order valence-corrected chi connectivity index (χ4v) is 3.49. The Hall–Kier alpha value is -3.04. The number of aromatic nitrogens is 3. The molecule has 0 aliphatic heterocycles. The Morgan fingerprint density at radius 3 is 2.47 bits per heavy atom. The van der Waals surface area contributed by atoms with Gasteiger partial charge in [-0.05, 0) is 53.0 Å². The highest BCUT2D eigenvalue weighted by atomic mass is 79.9. The topological polar surface area (TPSA) is 106 Å². The lowest BCUT2D eigenvalue weighted by Crippen LogP contribution is -2.50. The third-order valence-electron chi connectivity index (χ3n) is 4.65. The van der Waals surface area contributed by atoms with Crippen LogP contribution in [0.25, 0.3) is 5.82 Å². The summed E-state index contributed by atoms with van der Waals surface area (Å²) in [6.45, 7) is 0. The van der Waals surface area contributed by atoms with E-state index in [4.69, 9.17) is 11.6 Å². The first-order valence-electron chi connectivity index (χ1n) is 8.99. The van der Waals surface area contributed by atoms with Crippen molar-refractivity contribution in [2.45, 2.75) is 18.4 Å². The summed E-state index contributed by atoms with van der Waals surface area (Å²) in [4.78, 5) is 42.1. The smallest absolute Gasteiger partial charge is 0.270 e. The zero-order valence-electron chi connectivity index (χ0n) is 15.4. The Bertz CT molecular complexity index is 1140. The quantitative estimate of drug-likeness (QED) is 0.537. The number of hydrogen-bond donors (Lipinski definition) is 2. The van der Waals surface area contributed by atoms with Crippen molar-refractivity contribution in [1.82, 2.24) is 25.4 Å². The Morgan fingerprint density at radius 2 is 1.80 bits per heavy atom. The molecule has 8 nitrogen and oxygen atoms in total. The number of carbonyl (C=O) groups excluding carboxylic acids is 3. The summed E-state index contributed by atoms with van der Waals surface area (Å²) >= 11 is 9.43. The molecule has 2 N–H and O–H groups in total. The lowest BCUT2D eigenvalue weighted by atomic mass is 10.2. The van der Waals surface area contributed by atoms with Crippen molar-refractivity contribution in [2.75, 3.05) is 0 Å². The van der Waals surface area contributed by atoms with Crippen LogP contribution >= 0.6 is 27.5 Å². The first kappa shape index (κ1) is 20.2. The molecule has 2 aromatic heterocycles. The molecule has 0 bridgehead atoms. The number of carbonyl (C=O) groups is 3. The molecule has 4 rings (SSSR count). The third kappa shape index (κ3) is 3.99. The Labute approximate surface area is 184 Å². The number of halogens is 2. The van der Waals surface area contributed by atoms with Gasteiger partial charge in [-0.15, -0.1) is 0 Å². The van der Waals surface area contributed by atoms with Gasteiger partial charge in [-0.25, -0.2) is 9.67 Å². The number of hydrogen-bond acceptors (Lipinski definition) is 5. The first-order valence-corrected chi connectivity index (χ1v) is 10.2. The second kappa shape index (κ2) is 8.00. The molecule has 3 amide bonds. The van der Waals surface area contributed by atoms with E-state index in [9.17, 15) is 14.4 Å². The van der Waals surface area contributed by atoms with Gasteiger partial charge in [-0.2, -0.15) is 5.10 Å². The van der Waals surface area contributed by atoms with E-state index in [2.05, 4.69) is 36.6 Å². The van der Waals surface area contributed by atoms with Gasteiger partial charge in [-0.3, -0.25) is 19.7 Å². The van der Waals surface area contributed by atoms with Gasteiger partial charge in [0.05, 0.1) is 5.02 Å². The molecular formula is C20H15BrClN5O3. The maximum atomic E-state index is 13.0. The molecule has 1 saturated carbocycles. The largest absolute Gasteiger partial charge is 0.336 e. The fraction of sp³-hybridized carbons (Fsp3) is 0.150. The van der Waals surface area contributed by atoms with Crippen molar-refractivity contribution < 1.29 is 14.4 Å². The average molecular weight is 489 g/mol. The van der Waals surface area contributed by atoms with Crippen LogP contribution in [0.3, 0.4) is 0 Å². The molecule has 10 heteroatoms. The van der Waals surface area contributed by atoms with Gasteiger partial charge in [0.25, 0.3) is 17.7 Å². The highest BCUT2D eigenvalue weighted by molar-refractivity contribution is 9.10. The van der Waals surface area contributed by atoms with Gasteiger partial charge in [0.1, 0.15) is 15.8 Å². The number of nitrogens with one attached hydrogen (secondary N) is 2. The minimum atomic E-state index is -1.14. The van der Waals surface area contributed by atoms with Crippen molar-refractivity contribution in [3.05, 3.63) is 75.6 Å². The normalized spacial score (nSPS) is 14.1. The maximum absolute atomic E-state index is 13.0. The molecule has 1 fully saturated rings. The number of imide groups is 1. The van der Waals surface area contributed by atoms with Crippen LogP contribution in [0, 0.1) is 0 Å². The van der Waals surface area contributed by atoms with E-state index in [1.807, 2.05) is 0 Å². The van der Waals surface area contributed by atoms with Crippen LogP contribution in [0.4, 0.5) is 0 Å². The molecule has 30 heavy (non-hydrogen) atoms. The Morgan fingerprint density at radius 1 is 1.07 bits per heavy atom. The SMILES string of the molecule is O=C(NC(=O)C1(NC(=O)c2cc(Br)nn2-c2ncccc2Cl)CC1)c1ccccc1. The van der Waals surface area contributed by atoms with Gasteiger partial charge in [-0.1, -0.05) is 29.8 Å². The summed E-state index contributed by atoms with van der Waals surface area (Å²) in [5.41, 5.74) is -0.632. The molecule has 1 aliphatic rings. The number of rotatable bonds is 5. The number of nitrogens with zero attached hydrogens (tertiary/aromatic N) is 3. The number of amides is 3. The van der Waals surface area contributed by atoms with Crippen LogP contribution < -0.4 is 10.6 Å². The predicted molar refractivity (Wildman–Crippen MR) is 112 cm³/mol. The Balaban J connectivity index is 1.52. The molecular weight excluding hydrogens is 474 g/mol. The van der Waals surface area contributed by atoms with E-state index in [1.54, 1.807) is 42.5 Å². The van der Waals surface area contributed by atoms with Crippen molar-refractivity contribution in [1.29, 1.82) is 0 Å². The Kier molecular flexibility index (Phi) is 5.40. The zero-order chi connectivity index (χ0) is 21.3. The molecule has 2 heterocycles. The average Bonchev–Trinajstić information content (AvgIpc) is 3.42. The van der Waals surface area contributed by atoms with E-state index in [1.165, 1.54) is 16.9 Å². The predicted octanol–water partition coefficient (Wildman–Crippen LogP) is 2.90. The van der Waals surface area contributed by atoms with E-state index >= 15 is 0 Å². The van der Waals surface area contributed by atoms with Crippen LogP contribution in [-0.4, -0.2) is 38.0 Å². The van der Waals surface area contributed by atoms with Crippen LogP contribution in [-0.2, 0) is 4.79 Å². The number of benzene rings is 1. The highest BCUT2D eigenvalue weighted by Gasteiger charge is 2.52. The second-order valence-corrected chi connectivity index (χ2v) is 7.98. The summed E-state index contributed by atoms with van der Waals surface area (Å²) in [7, 11) is 0. The van der Waals surface area contributed by atoms with Crippen molar-refractivity contribution in [3.8, 4) is 5.82 Å². The second-order valence-electron chi connectivity index (χ2n) is 6.76. The molecule has 152 valence electrons. The van der Waals surface area contributed by atoms with Crippen LogP contribution in [0.5, 0.6) is 0 Å². The standard InChI is InChI=1S/C20H15BrClN5O3/c21-15-11-14(27(26-15)16-13(22)7-4-10-23-16)18(29)25-20(8-9-20)19(30)24-17(28)12-5-2-1-3-6-12/h1-7,10-11H,8-9H2,(H,25,29)(H,24,28,30). The summed E-state index contributed by atoms with van der Waals surface area (Å²) in [5, 5.41) is 9.62. The fourth-order valence-electron chi connectivity index (χ4n) is 2.91. The third-order valence-corrected chi connectivity index (χ3v) is 5.33.